The molecular weight excluding hydrogens is 188 g/mol. The molecule has 0 aliphatic carbocycles. The topological polar surface area (TPSA) is 45.4 Å². The maximum atomic E-state index is 5.68. The zero-order valence-electron chi connectivity index (χ0n) is 9.35. The Morgan fingerprint density at radius 1 is 1.47 bits per heavy atom. The highest BCUT2D eigenvalue weighted by Gasteiger charge is 2.20. The van der Waals surface area contributed by atoms with Crippen molar-refractivity contribution in [3.8, 4) is 0 Å². The van der Waals surface area contributed by atoms with Gasteiger partial charge in [-0.2, -0.15) is 0 Å². The van der Waals surface area contributed by atoms with Crippen LogP contribution in [0.2, 0.25) is 0 Å². The molecule has 1 aromatic rings. The van der Waals surface area contributed by atoms with Gasteiger partial charge in [-0.1, -0.05) is 0 Å². The van der Waals surface area contributed by atoms with Crippen molar-refractivity contribution >= 4 is 11.5 Å². The lowest BCUT2D eigenvalue weighted by Crippen LogP contribution is -2.50. The van der Waals surface area contributed by atoms with Crippen molar-refractivity contribution in [1.82, 2.24) is 9.88 Å². The van der Waals surface area contributed by atoms with Crippen LogP contribution in [-0.4, -0.2) is 42.6 Å². The van der Waals surface area contributed by atoms with Gasteiger partial charge in [0, 0.05) is 43.6 Å². The molecule has 0 spiro atoms. The molecule has 82 valence electrons. The number of pyridine rings is 1. The van der Waals surface area contributed by atoms with Crippen molar-refractivity contribution in [1.29, 1.82) is 0 Å². The summed E-state index contributed by atoms with van der Waals surface area (Å²) in [7, 11) is 2.17. The number of anilines is 2. The first-order valence-corrected chi connectivity index (χ1v) is 5.33. The van der Waals surface area contributed by atoms with Crippen molar-refractivity contribution in [3.05, 3.63) is 18.3 Å². The third-order valence-corrected chi connectivity index (χ3v) is 3.09. The van der Waals surface area contributed by atoms with Crippen LogP contribution >= 0.6 is 0 Å². The zero-order chi connectivity index (χ0) is 10.8. The van der Waals surface area contributed by atoms with Gasteiger partial charge in [0.05, 0.1) is 0 Å². The molecule has 2 N–H and O–H groups in total. The Hall–Kier alpha value is -1.29. The van der Waals surface area contributed by atoms with Gasteiger partial charge in [-0.25, -0.2) is 4.98 Å². The van der Waals surface area contributed by atoms with Crippen LogP contribution in [0.1, 0.15) is 6.92 Å². The molecule has 1 aliphatic rings. The number of nitrogen functional groups attached to an aromatic ring is 1. The molecule has 0 amide bonds. The molecule has 1 aliphatic heterocycles. The van der Waals surface area contributed by atoms with Crippen molar-refractivity contribution in [2.24, 2.45) is 0 Å². The van der Waals surface area contributed by atoms with Crippen molar-refractivity contribution in [3.63, 3.8) is 0 Å². The summed E-state index contributed by atoms with van der Waals surface area (Å²) in [6, 6.07) is 4.56. The second kappa shape index (κ2) is 4.06. The van der Waals surface area contributed by atoms with Gasteiger partial charge in [-0.15, -0.1) is 0 Å². The third-order valence-electron chi connectivity index (χ3n) is 3.09. The maximum absolute atomic E-state index is 5.68. The summed E-state index contributed by atoms with van der Waals surface area (Å²) >= 11 is 0. The second-order valence-electron chi connectivity index (χ2n) is 4.21. The summed E-state index contributed by atoms with van der Waals surface area (Å²) in [6.45, 7) is 5.46. The zero-order valence-corrected chi connectivity index (χ0v) is 9.35. The summed E-state index contributed by atoms with van der Waals surface area (Å²) in [6.07, 6.45) is 1.77. The van der Waals surface area contributed by atoms with Crippen molar-refractivity contribution in [2.45, 2.75) is 13.0 Å². The molecule has 0 saturated carbocycles. The van der Waals surface area contributed by atoms with Crippen LogP contribution in [0.5, 0.6) is 0 Å². The molecule has 1 unspecified atom stereocenters. The van der Waals surface area contributed by atoms with E-state index in [1.807, 2.05) is 12.1 Å². The fourth-order valence-corrected chi connectivity index (χ4v) is 1.92. The molecule has 0 radical (unpaired) electrons. The first-order valence-electron chi connectivity index (χ1n) is 5.33. The fraction of sp³-hybridized carbons (Fsp3) is 0.545. The van der Waals surface area contributed by atoms with Crippen LogP contribution in [0.15, 0.2) is 18.3 Å². The second-order valence-corrected chi connectivity index (χ2v) is 4.21. The summed E-state index contributed by atoms with van der Waals surface area (Å²) in [5.41, 5.74) is 6.86. The molecule has 1 fully saturated rings. The molecule has 2 heterocycles. The van der Waals surface area contributed by atoms with Gasteiger partial charge in [0.15, 0.2) is 0 Å². The highest BCUT2D eigenvalue weighted by atomic mass is 15.3. The Bertz CT molecular complexity index is 339. The van der Waals surface area contributed by atoms with Gasteiger partial charge in [0.25, 0.3) is 0 Å². The first-order chi connectivity index (χ1) is 7.16. The molecule has 4 nitrogen and oxygen atoms in total. The van der Waals surface area contributed by atoms with Gasteiger partial charge >= 0.3 is 0 Å². The minimum Gasteiger partial charge on any atom is -0.384 e. The van der Waals surface area contributed by atoms with E-state index in [-0.39, 0.29) is 0 Å². The van der Waals surface area contributed by atoms with Crippen LogP contribution < -0.4 is 10.6 Å². The van der Waals surface area contributed by atoms with E-state index in [0.717, 1.165) is 19.6 Å². The van der Waals surface area contributed by atoms with Gasteiger partial charge in [0.1, 0.15) is 5.82 Å². The molecule has 0 aromatic carbocycles. The van der Waals surface area contributed by atoms with E-state index in [9.17, 15) is 0 Å². The van der Waals surface area contributed by atoms with Crippen LogP contribution in [0.25, 0.3) is 0 Å². The average Bonchev–Trinajstić information content (AvgIpc) is 2.22. The number of likely N-dealkylation sites (N-methyl/N-ethyl adjacent to an activating group) is 1. The highest BCUT2D eigenvalue weighted by molar-refractivity contribution is 5.52. The number of piperazine rings is 1. The highest BCUT2D eigenvalue weighted by Crippen LogP contribution is 2.19. The van der Waals surface area contributed by atoms with Gasteiger partial charge in [-0.05, 0) is 20.0 Å². The van der Waals surface area contributed by atoms with Gasteiger partial charge in [0.2, 0.25) is 0 Å². The van der Waals surface area contributed by atoms with Gasteiger partial charge < -0.3 is 15.5 Å². The molecular formula is C11H18N4. The number of nitrogens with zero attached hydrogens (tertiary/aromatic N) is 3. The Morgan fingerprint density at radius 3 is 2.93 bits per heavy atom. The standard InChI is InChI=1S/C11H18N4/c1-9-8-15(6-5-14(9)2)10-3-4-13-11(12)7-10/h3-4,7,9H,5-6,8H2,1-2H3,(H2,12,13). The van der Waals surface area contributed by atoms with Crippen LogP contribution in [-0.2, 0) is 0 Å². The molecule has 15 heavy (non-hydrogen) atoms. The average molecular weight is 206 g/mol. The van der Waals surface area contributed by atoms with Crippen LogP contribution in [0.4, 0.5) is 11.5 Å². The van der Waals surface area contributed by atoms with Gasteiger partial charge in [-0.3, -0.25) is 0 Å². The number of hydrogen-bond donors (Lipinski definition) is 1. The number of hydrogen-bond acceptors (Lipinski definition) is 4. The fourth-order valence-electron chi connectivity index (χ4n) is 1.92. The maximum Gasteiger partial charge on any atom is 0.125 e. The Morgan fingerprint density at radius 2 is 2.27 bits per heavy atom. The predicted octanol–water partition coefficient (Wildman–Crippen LogP) is 0.804. The third kappa shape index (κ3) is 2.21. The molecule has 2 rings (SSSR count). The monoisotopic (exact) mass is 206 g/mol. The molecule has 4 heteroatoms. The summed E-state index contributed by atoms with van der Waals surface area (Å²) in [5.74, 6) is 0.596. The van der Waals surface area contributed by atoms with E-state index in [4.69, 9.17) is 5.73 Å². The lowest BCUT2D eigenvalue weighted by molar-refractivity contribution is 0.234. The minimum atomic E-state index is 0.591. The van der Waals surface area contributed by atoms with Crippen molar-refractivity contribution < 1.29 is 0 Å². The number of aromatic nitrogens is 1. The Balaban J connectivity index is 2.12. The first kappa shape index (κ1) is 10.2. The predicted molar refractivity (Wildman–Crippen MR) is 63.0 cm³/mol. The van der Waals surface area contributed by atoms with Crippen LogP contribution in [0.3, 0.4) is 0 Å². The summed E-state index contributed by atoms with van der Waals surface area (Å²) < 4.78 is 0. The molecule has 0 bridgehead atoms. The summed E-state index contributed by atoms with van der Waals surface area (Å²) in [4.78, 5) is 8.75. The Kier molecular flexibility index (Phi) is 2.77. The molecule has 1 saturated heterocycles. The smallest absolute Gasteiger partial charge is 0.125 e. The largest absolute Gasteiger partial charge is 0.384 e. The molecule has 1 atom stereocenters. The van der Waals surface area contributed by atoms with Crippen molar-refractivity contribution in [2.75, 3.05) is 37.3 Å². The number of rotatable bonds is 1. The van der Waals surface area contributed by atoms with E-state index in [0.29, 0.717) is 11.9 Å². The SMILES string of the molecule is CC1CN(c2ccnc(N)c2)CCN1C. The number of nitrogens with two attached hydrogens (primary N) is 1. The van der Waals surface area contributed by atoms with E-state index in [1.165, 1.54) is 5.69 Å². The van der Waals surface area contributed by atoms with E-state index in [1.54, 1.807) is 6.20 Å². The van der Waals surface area contributed by atoms with E-state index >= 15 is 0 Å². The van der Waals surface area contributed by atoms with E-state index < -0.39 is 0 Å². The summed E-state index contributed by atoms with van der Waals surface area (Å²) in [5, 5.41) is 0. The quantitative estimate of drug-likeness (QED) is 0.738. The Labute approximate surface area is 90.7 Å². The minimum absolute atomic E-state index is 0.591. The lowest BCUT2D eigenvalue weighted by Gasteiger charge is -2.39. The van der Waals surface area contributed by atoms with E-state index in [2.05, 4.69) is 28.8 Å². The normalized spacial score (nSPS) is 23.1. The molecule has 1 aromatic heterocycles. The van der Waals surface area contributed by atoms with Crippen LogP contribution in [0, 0.1) is 0 Å². The lowest BCUT2D eigenvalue weighted by atomic mass is 10.2.